The molecular weight excluding hydrogens is 641 g/mol. The Bertz CT molecular complexity index is 1810. The van der Waals surface area contributed by atoms with E-state index in [4.69, 9.17) is 33.7 Å². The number of benzene rings is 1. The number of carbonyl (C=O) groups excluding carboxylic acids is 1. The molecule has 0 radical (unpaired) electrons. The van der Waals surface area contributed by atoms with Crippen LogP contribution in [0.25, 0.3) is 0 Å². The summed E-state index contributed by atoms with van der Waals surface area (Å²) in [6, 6.07) is 9.40. The maximum atomic E-state index is 14.5. The number of nitrogen functional groups attached to an aromatic ring is 1. The summed E-state index contributed by atoms with van der Waals surface area (Å²) in [5.41, 5.74) is 3.88. The minimum Gasteiger partial charge on any atom is -0.430 e. The second kappa shape index (κ2) is 14.6. The van der Waals surface area contributed by atoms with Crippen LogP contribution in [-0.4, -0.2) is 74.6 Å². The van der Waals surface area contributed by atoms with Crippen LogP contribution in [0.2, 0.25) is 0 Å². The molecule has 7 atom stereocenters. The highest BCUT2D eigenvalue weighted by Gasteiger charge is 2.45. The van der Waals surface area contributed by atoms with Gasteiger partial charge in [-0.05, 0) is 25.1 Å². The van der Waals surface area contributed by atoms with Crippen molar-refractivity contribution in [1.82, 2.24) is 19.1 Å². The van der Waals surface area contributed by atoms with Crippen LogP contribution in [0.1, 0.15) is 30.9 Å². The van der Waals surface area contributed by atoms with Crippen molar-refractivity contribution in [3.05, 3.63) is 98.3 Å². The molecule has 18 heteroatoms. The van der Waals surface area contributed by atoms with Crippen LogP contribution >= 0.6 is 7.60 Å². The van der Waals surface area contributed by atoms with Crippen molar-refractivity contribution >= 4 is 24.9 Å². The first-order valence-corrected chi connectivity index (χ1v) is 16.1. The van der Waals surface area contributed by atoms with Gasteiger partial charge in [0, 0.05) is 30.8 Å². The molecule has 0 bridgehead atoms. The van der Waals surface area contributed by atoms with Crippen molar-refractivity contribution in [2.45, 2.75) is 56.6 Å². The Hall–Kier alpha value is -4.38. The fraction of sp³-hybridized carbons (Fsp3) is 0.414. The van der Waals surface area contributed by atoms with Crippen molar-refractivity contribution in [3.63, 3.8) is 0 Å². The maximum Gasteiger partial charge on any atom is 0.508 e. The third kappa shape index (κ3) is 7.78. The van der Waals surface area contributed by atoms with Gasteiger partial charge in [-0.1, -0.05) is 30.9 Å². The quantitative estimate of drug-likeness (QED) is 0.138. The second-order valence-corrected chi connectivity index (χ2v) is 12.7. The predicted octanol–water partition coefficient (Wildman–Crippen LogP) is 0.880. The number of aromatic nitrogens is 4. The lowest BCUT2D eigenvalue weighted by molar-refractivity contribution is -0.0581. The zero-order valence-electron chi connectivity index (χ0n) is 25.2. The first kappa shape index (κ1) is 34.0. The molecule has 4 heterocycles. The van der Waals surface area contributed by atoms with Crippen molar-refractivity contribution in [3.8, 4) is 0 Å². The molecule has 0 aliphatic carbocycles. The molecule has 4 N–H and O–H groups in total. The van der Waals surface area contributed by atoms with Crippen LogP contribution < -0.4 is 28.0 Å². The number of hydrogen-bond donors (Lipinski definition) is 3. The van der Waals surface area contributed by atoms with Gasteiger partial charge < -0.3 is 34.3 Å². The van der Waals surface area contributed by atoms with Gasteiger partial charge >= 0.3 is 25.1 Å². The minimum absolute atomic E-state index is 0.00533. The normalized spacial score (nSPS) is 25.2. The fourth-order valence-corrected chi connectivity index (χ4v) is 6.94. The molecule has 1 aromatic carbocycles. The van der Waals surface area contributed by atoms with E-state index in [0.717, 1.165) is 9.13 Å². The van der Waals surface area contributed by atoms with E-state index < -0.39 is 80.8 Å². The summed E-state index contributed by atoms with van der Waals surface area (Å²) in [7, 11) is -4.26. The van der Waals surface area contributed by atoms with Crippen LogP contribution in [0.15, 0.2) is 75.8 Å². The summed E-state index contributed by atoms with van der Waals surface area (Å²) in [5.74, 6) is 0.00533. The molecule has 47 heavy (non-hydrogen) atoms. The van der Waals surface area contributed by atoms with Gasteiger partial charge in [-0.2, -0.15) is 4.98 Å². The highest BCUT2D eigenvalue weighted by Crippen LogP contribution is 2.51. The van der Waals surface area contributed by atoms with Gasteiger partial charge in [-0.3, -0.25) is 28.0 Å². The molecule has 2 saturated heterocycles. The highest BCUT2D eigenvalue weighted by molar-refractivity contribution is 7.62. The first-order chi connectivity index (χ1) is 22.5. The number of ether oxygens (including phenoxy) is 4. The van der Waals surface area contributed by atoms with E-state index in [1.165, 1.54) is 43.6 Å². The van der Waals surface area contributed by atoms with E-state index in [2.05, 4.69) is 16.5 Å². The van der Waals surface area contributed by atoms with E-state index >= 15 is 0 Å². The number of rotatable bonds is 12. The molecule has 17 nitrogen and oxygen atoms in total. The monoisotopic (exact) mass is 675 g/mol. The zero-order chi connectivity index (χ0) is 33.7. The number of nitrogens with zero attached hydrogens (tertiary/aromatic N) is 3. The maximum absolute atomic E-state index is 14.5. The Morgan fingerprint density at radius 2 is 1.83 bits per heavy atom. The number of H-pyrrole nitrogens is 1. The van der Waals surface area contributed by atoms with Gasteiger partial charge in [0.15, 0.2) is 0 Å². The van der Waals surface area contributed by atoms with Gasteiger partial charge in [0.1, 0.15) is 49.3 Å². The summed E-state index contributed by atoms with van der Waals surface area (Å²) in [5, 5.41) is 10.2. The molecule has 2 fully saturated rings. The van der Waals surface area contributed by atoms with Crippen molar-refractivity contribution in [2.75, 3.05) is 25.6 Å². The minimum atomic E-state index is -4.26. The lowest BCUT2D eigenvalue weighted by atomic mass is 10.2. The Labute approximate surface area is 267 Å². The molecule has 2 aromatic heterocycles. The number of aliphatic hydroxyl groups excluding tert-OH is 1. The Kier molecular flexibility index (Phi) is 10.5. The van der Waals surface area contributed by atoms with Gasteiger partial charge in [-0.15, -0.1) is 0 Å². The number of nitrogens with two attached hydrogens (primary N) is 1. The molecule has 0 amide bonds. The lowest BCUT2D eigenvalue weighted by Crippen LogP contribution is -2.33. The Morgan fingerprint density at radius 1 is 1.13 bits per heavy atom. The van der Waals surface area contributed by atoms with E-state index in [1.54, 1.807) is 18.2 Å². The average molecular weight is 676 g/mol. The number of aryl methyl sites for hydroxylation is 1. The number of aliphatic hydroxyl groups is 1. The molecule has 5 rings (SSSR count). The zero-order valence-corrected chi connectivity index (χ0v) is 26.1. The number of anilines is 1. The van der Waals surface area contributed by atoms with Gasteiger partial charge in [0.05, 0.1) is 18.5 Å². The van der Waals surface area contributed by atoms with Crippen LogP contribution in [0.4, 0.5) is 10.6 Å². The number of hydrogen-bond acceptors (Lipinski definition) is 14. The lowest BCUT2D eigenvalue weighted by Gasteiger charge is -2.26. The SMILES string of the molecule is C=CCOC(=O)O[C@H]1C[C@H](n2ccc(N)nc2=O)O[C@@H]1COP(=O)(O[C@H]1C[C@H](n2cc(C)c(=O)[nH]c2=O)O[C@@H]1CO)c1ccccc1. The van der Waals surface area contributed by atoms with Gasteiger partial charge in [0.25, 0.3) is 5.56 Å². The second-order valence-electron chi connectivity index (χ2n) is 10.7. The summed E-state index contributed by atoms with van der Waals surface area (Å²) in [6.45, 7) is 3.90. The van der Waals surface area contributed by atoms with Gasteiger partial charge in [-0.25, -0.2) is 14.4 Å². The van der Waals surface area contributed by atoms with Crippen LogP contribution in [-0.2, 0) is 32.6 Å². The summed E-state index contributed by atoms with van der Waals surface area (Å²) >= 11 is 0. The standard InChI is InChI=1S/C29H34N5O12P/c1-3-11-41-29(39)45-19-12-24(33-10-9-23(30)31-27(33)37)44-22(19)16-42-47(40,18-7-5-4-6-8-18)46-20-13-25(43-21(20)15-35)34-14-17(2)26(36)32-28(34)38/h3-10,14,19-22,24-25,35H,1,11-13,15-16H2,2H3,(H2,30,31,37)(H,32,36,38)/t19-,20-,21+,22+,24+,25+,47?/m0/s1. The average Bonchev–Trinajstić information content (AvgIpc) is 3.64. The summed E-state index contributed by atoms with van der Waals surface area (Å²) in [6.07, 6.45) is -3.08. The molecule has 3 aromatic rings. The molecule has 2 aliphatic heterocycles. The van der Waals surface area contributed by atoms with E-state index in [0.29, 0.717) is 0 Å². The molecule has 2 aliphatic rings. The third-order valence-electron chi connectivity index (χ3n) is 7.48. The smallest absolute Gasteiger partial charge is 0.430 e. The molecule has 252 valence electrons. The van der Waals surface area contributed by atoms with Crippen LogP contribution in [0, 0.1) is 6.92 Å². The Morgan fingerprint density at radius 3 is 2.53 bits per heavy atom. The van der Waals surface area contributed by atoms with Crippen molar-refractivity contribution in [1.29, 1.82) is 0 Å². The fourth-order valence-electron chi connectivity index (χ4n) is 5.15. The third-order valence-corrected chi connectivity index (χ3v) is 9.45. The highest BCUT2D eigenvalue weighted by atomic mass is 31.2. The van der Waals surface area contributed by atoms with Crippen molar-refractivity contribution in [2.24, 2.45) is 0 Å². The van der Waals surface area contributed by atoms with E-state index in [-0.39, 0.29) is 36.1 Å². The topological polar surface area (TPSA) is 226 Å². The molecule has 1 unspecified atom stereocenters. The molecule has 0 spiro atoms. The number of nitrogens with one attached hydrogen (secondary N) is 1. The molecular formula is C29H34N5O12P. The number of carbonyl (C=O) groups is 1. The first-order valence-electron chi connectivity index (χ1n) is 14.5. The predicted molar refractivity (Wildman–Crippen MR) is 164 cm³/mol. The van der Waals surface area contributed by atoms with Crippen molar-refractivity contribution < 1.29 is 42.5 Å². The molecule has 0 saturated carbocycles. The van der Waals surface area contributed by atoms with E-state index in [1.807, 2.05) is 0 Å². The largest absolute Gasteiger partial charge is 0.508 e. The summed E-state index contributed by atoms with van der Waals surface area (Å²) < 4.78 is 51.2. The van der Waals surface area contributed by atoms with Crippen LogP contribution in [0.3, 0.4) is 0 Å². The number of aromatic amines is 1. The van der Waals surface area contributed by atoms with Crippen LogP contribution in [0.5, 0.6) is 0 Å². The summed E-state index contributed by atoms with van der Waals surface area (Å²) in [4.78, 5) is 55.2. The van der Waals surface area contributed by atoms with Gasteiger partial charge in [0.2, 0.25) is 0 Å². The Balaban J connectivity index is 1.39. The van der Waals surface area contributed by atoms with E-state index in [9.17, 15) is 28.8 Å².